The molecule has 1 fully saturated rings. The van der Waals surface area contributed by atoms with Crippen LogP contribution >= 0.6 is 15.9 Å². The van der Waals surface area contributed by atoms with Gasteiger partial charge in [-0.15, -0.1) is 0 Å². The first-order valence-electron chi connectivity index (χ1n) is 6.83. The third-order valence-corrected chi connectivity index (χ3v) is 5.33. The number of pyridine rings is 1. The summed E-state index contributed by atoms with van der Waals surface area (Å²) in [4.78, 5) is 4.36. The molecule has 20 heavy (non-hydrogen) atoms. The van der Waals surface area contributed by atoms with Gasteiger partial charge in [0.25, 0.3) is 0 Å². The van der Waals surface area contributed by atoms with E-state index in [4.69, 9.17) is 0 Å². The van der Waals surface area contributed by atoms with Crippen LogP contribution in [0, 0.1) is 11.8 Å². The van der Waals surface area contributed by atoms with E-state index in [0.717, 1.165) is 12.8 Å². The Morgan fingerprint density at radius 1 is 1.50 bits per heavy atom. The van der Waals surface area contributed by atoms with Crippen molar-refractivity contribution >= 4 is 31.8 Å². The molecule has 1 aromatic heterocycles. The van der Waals surface area contributed by atoms with Gasteiger partial charge in [-0.1, -0.05) is 13.8 Å². The lowest BCUT2D eigenvalue weighted by atomic mass is 10.3. The zero-order valence-corrected chi connectivity index (χ0v) is 14.1. The van der Waals surface area contributed by atoms with Crippen LogP contribution in [0.25, 0.3) is 0 Å². The highest BCUT2D eigenvalue weighted by molar-refractivity contribution is 9.10. The van der Waals surface area contributed by atoms with Crippen LogP contribution in [0.5, 0.6) is 0 Å². The molecule has 2 unspecified atom stereocenters. The van der Waals surface area contributed by atoms with Crippen molar-refractivity contribution in [2.45, 2.75) is 31.6 Å². The fourth-order valence-corrected chi connectivity index (χ4v) is 3.71. The van der Waals surface area contributed by atoms with Crippen LogP contribution in [0.2, 0.25) is 0 Å². The lowest BCUT2D eigenvalue weighted by molar-refractivity contribution is 0.574. The molecule has 7 heteroatoms. The van der Waals surface area contributed by atoms with Gasteiger partial charge in [0.05, 0.1) is 0 Å². The SMILES string of the molecule is CCCNc1ncc(Br)cc1S(=O)(=O)NCC1CC1C. The van der Waals surface area contributed by atoms with Gasteiger partial charge in [0.15, 0.2) is 0 Å². The van der Waals surface area contributed by atoms with Crippen LogP contribution in [0.15, 0.2) is 21.6 Å². The quantitative estimate of drug-likeness (QED) is 0.782. The molecule has 2 rings (SSSR count). The zero-order chi connectivity index (χ0) is 14.8. The van der Waals surface area contributed by atoms with Crippen molar-refractivity contribution in [3.05, 3.63) is 16.7 Å². The molecule has 2 atom stereocenters. The normalized spacial score (nSPS) is 21.8. The van der Waals surface area contributed by atoms with Crippen LogP contribution in [0.4, 0.5) is 5.82 Å². The lowest BCUT2D eigenvalue weighted by Gasteiger charge is -2.12. The number of sulfonamides is 1. The first-order chi connectivity index (χ1) is 9.44. The molecule has 2 N–H and O–H groups in total. The number of halogens is 1. The number of hydrogen-bond acceptors (Lipinski definition) is 4. The Morgan fingerprint density at radius 2 is 2.20 bits per heavy atom. The summed E-state index contributed by atoms with van der Waals surface area (Å²) in [6.07, 6.45) is 3.60. The van der Waals surface area contributed by atoms with Crippen LogP contribution in [-0.4, -0.2) is 26.5 Å². The molecule has 0 amide bonds. The Balaban J connectivity index is 2.17. The average molecular weight is 362 g/mol. The molecule has 1 aliphatic carbocycles. The Hall–Kier alpha value is -0.660. The van der Waals surface area contributed by atoms with Crippen molar-refractivity contribution in [1.82, 2.24) is 9.71 Å². The number of rotatable bonds is 7. The molecule has 5 nitrogen and oxygen atoms in total. The van der Waals surface area contributed by atoms with E-state index in [1.54, 1.807) is 12.3 Å². The van der Waals surface area contributed by atoms with Gasteiger partial charge in [0.2, 0.25) is 10.0 Å². The fourth-order valence-electron chi connectivity index (χ4n) is 1.98. The molecule has 0 spiro atoms. The van der Waals surface area contributed by atoms with Crippen molar-refractivity contribution in [2.75, 3.05) is 18.4 Å². The highest BCUT2D eigenvalue weighted by atomic mass is 79.9. The molecule has 0 bridgehead atoms. The van der Waals surface area contributed by atoms with Crippen molar-refractivity contribution in [1.29, 1.82) is 0 Å². The van der Waals surface area contributed by atoms with Crippen molar-refractivity contribution in [2.24, 2.45) is 11.8 Å². The first kappa shape index (κ1) is 15.7. The van der Waals surface area contributed by atoms with Crippen LogP contribution in [0.3, 0.4) is 0 Å². The molecule has 0 aromatic carbocycles. The summed E-state index contributed by atoms with van der Waals surface area (Å²) >= 11 is 3.28. The maximum absolute atomic E-state index is 12.4. The van der Waals surface area contributed by atoms with Gasteiger partial charge in [-0.25, -0.2) is 18.1 Å². The molecule has 0 radical (unpaired) electrons. The first-order valence-corrected chi connectivity index (χ1v) is 9.10. The summed E-state index contributed by atoms with van der Waals surface area (Å²) < 4.78 is 28.1. The van der Waals surface area contributed by atoms with Crippen LogP contribution in [-0.2, 0) is 10.0 Å². The van der Waals surface area contributed by atoms with E-state index in [2.05, 4.69) is 37.9 Å². The lowest BCUT2D eigenvalue weighted by Crippen LogP contribution is -2.27. The zero-order valence-electron chi connectivity index (χ0n) is 11.7. The van der Waals surface area contributed by atoms with Gasteiger partial charge < -0.3 is 5.32 Å². The van der Waals surface area contributed by atoms with Gasteiger partial charge in [-0.3, -0.25) is 0 Å². The molecule has 1 aliphatic rings. The second-order valence-corrected chi connectivity index (χ2v) is 7.90. The fraction of sp³-hybridized carbons (Fsp3) is 0.615. The molecule has 0 saturated heterocycles. The molecule has 1 aromatic rings. The molecule has 1 heterocycles. The summed E-state index contributed by atoms with van der Waals surface area (Å²) in [6.45, 7) is 5.35. The molecule has 0 aliphatic heterocycles. The number of nitrogens with zero attached hydrogens (tertiary/aromatic N) is 1. The van der Waals surface area contributed by atoms with Gasteiger partial charge >= 0.3 is 0 Å². The summed E-state index contributed by atoms with van der Waals surface area (Å²) in [5, 5.41) is 3.06. The minimum atomic E-state index is -3.53. The summed E-state index contributed by atoms with van der Waals surface area (Å²) in [5.74, 6) is 1.50. The van der Waals surface area contributed by atoms with E-state index in [9.17, 15) is 8.42 Å². The molecular weight excluding hydrogens is 342 g/mol. The van der Waals surface area contributed by atoms with Gasteiger partial charge in [0, 0.05) is 23.8 Å². The van der Waals surface area contributed by atoms with E-state index in [1.807, 2.05) is 6.92 Å². The minimum Gasteiger partial charge on any atom is -0.369 e. The van der Waals surface area contributed by atoms with Crippen molar-refractivity contribution < 1.29 is 8.42 Å². The number of anilines is 1. The number of hydrogen-bond donors (Lipinski definition) is 2. The Bertz CT molecular complexity index is 577. The monoisotopic (exact) mass is 361 g/mol. The van der Waals surface area contributed by atoms with Crippen molar-refractivity contribution in [3.8, 4) is 0 Å². The maximum atomic E-state index is 12.4. The second-order valence-electron chi connectivity index (χ2n) is 5.25. The number of aromatic nitrogens is 1. The summed E-state index contributed by atoms with van der Waals surface area (Å²) in [5.41, 5.74) is 0. The van der Waals surface area contributed by atoms with E-state index in [0.29, 0.717) is 35.2 Å². The van der Waals surface area contributed by atoms with E-state index >= 15 is 0 Å². The smallest absolute Gasteiger partial charge is 0.244 e. The van der Waals surface area contributed by atoms with Gasteiger partial charge in [-0.05, 0) is 46.7 Å². The summed E-state index contributed by atoms with van der Waals surface area (Å²) in [6, 6.07) is 1.59. The highest BCUT2D eigenvalue weighted by Crippen LogP contribution is 2.37. The van der Waals surface area contributed by atoms with Crippen LogP contribution < -0.4 is 10.0 Å². The molecule has 112 valence electrons. The van der Waals surface area contributed by atoms with E-state index in [-0.39, 0.29) is 4.90 Å². The van der Waals surface area contributed by atoms with Gasteiger partial charge in [0.1, 0.15) is 10.7 Å². The number of nitrogens with one attached hydrogen (secondary N) is 2. The Kier molecular flexibility index (Phi) is 5.04. The maximum Gasteiger partial charge on any atom is 0.244 e. The third-order valence-electron chi connectivity index (χ3n) is 3.46. The van der Waals surface area contributed by atoms with E-state index in [1.165, 1.54) is 0 Å². The Morgan fingerprint density at radius 3 is 2.80 bits per heavy atom. The largest absolute Gasteiger partial charge is 0.369 e. The van der Waals surface area contributed by atoms with E-state index < -0.39 is 10.0 Å². The minimum absolute atomic E-state index is 0.202. The summed E-state index contributed by atoms with van der Waals surface area (Å²) in [7, 11) is -3.53. The van der Waals surface area contributed by atoms with Crippen LogP contribution in [0.1, 0.15) is 26.7 Å². The predicted molar refractivity (Wildman–Crippen MR) is 83.2 cm³/mol. The second kappa shape index (κ2) is 6.41. The Labute approximate surface area is 128 Å². The highest BCUT2D eigenvalue weighted by Gasteiger charge is 2.33. The standard InChI is InChI=1S/C13H20BrN3O2S/c1-3-4-15-13-12(6-11(14)8-16-13)20(18,19)17-7-10-5-9(10)2/h6,8-10,17H,3-5,7H2,1-2H3,(H,15,16). The molecular formula is C13H20BrN3O2S. The average Bonchev–Trinajstić information content (AvgIpc) is 3.11. The predicted octanol–water partition coefficient (Wildman–Crippen LogP) is 2.60. The third kappa shape index (κ3) is 3.93. The van der Waals surface area contributed by atoms with Gasteiger partial charge in [-0.2, -0.15) is 0 Å². The van der Waals surface area contributed by atoms with Crippen molar-refractivity contribution in [3.63, 3.8) is 0 Å². The topological polar surface area (TPSA) is 71.1 Å². The molecule has 1 saturated carbocycles.